The zero-order valence-electron chi connectivity index (χ0n) is 13.5. The highest BCUT2D eigenvalue weighted by atomic mass is 16.5. The number of hydrogen-bond acceptors (Lipinski definition) is 6. The maximum absolute atomic E-state index is 10.1. The SMILES string of the molecule is COc1ccc(N=Nc2c(O)[nH]c3cc(OC)c(OC)cc23)cc1. The third kappa shape index (κ3) is 2.83. The van der Waals surface area contributed by atoms with E-state index in [0.29, 0.717) is 33.8 Å². The van der Waals surface area contributed by atoms with E-state index in [-0.39, 0.29) is 5.88 Å². The Morgan fingerprint density at radius 2 is 1.54 bits per heavy atom. The summed E-state index contributed by atoms with van der Waals surface area (Å²) in [7, 11) is 4.70. The van der Waals surface area contributed by atoms with Crippen LogP contribution in [0.1, 0.15) is 0 Å². The van der Waals surface area contributed by atoms with E-state index in [2.05, 4.69) is 15.2 Å². The van der Waals surface area contributed by atoms with Crippen molar-refractivity contribution in [3.63, 3.8) is 0 Å². The molecule has 0 aliphatic heterocycles. The number of rotatable bonds is 5. The van der Waals surface area contributed by atoms with Crippen LogP contribution in [0.5, 0.6) is 23.1 Å². The summed E-state index contributed by atoms with van der Waals surface area (Å²) in [5.41, 5.74) is 1.65. The van der Waals surface area contributed by atoms with Crippen LogP contribution < -0.4 is 14.2 Å². The van der Waals surface area contributed by atoms with Crippen LogP contribution in [-0.2, 0) is 0 Å². The zero-order valence-corrected chi connectivity index (χ0v) is 13.5. The fourth-order valence-electron chi connectivity index (χ4n) is 2.35. The Morgan fingerprint density at radius 3 is 2.17 bits per heavy atom. The molecule has 7 heteroatoms. The van der Waals surface area contributed by atoms with Gasteiger partial charge in [-0.05, 0) is 30.3 Å². The smallest absolute Gasteiger partial charge is 0.218 e. The monoisotopic (exact) mass is 327 g/mol. The molecule has 1 heterocycles. The zero-order chi connectivity index (χ0) is 17.1. The minimum Gasteiger partial charge on any atom is -0.497 e. The fraction of sp³-hybridized carbons (Fsp3) is 0.176. The first kappa shape index (κ1) is 15.7. The average molecular weight is 327 g/mol. The lowest BCUT2D eigenvalue weighted by molar-refractivity contribution is 0.356. The summed E-state index contributed by atoms with van der Waals surface area (Å²) in [5.74, 6) is 1.77. The summed E-state index contributed by atoms with van der Waals surface area (Å²) in [6.45, 7) is 0. The molecule has 24 heavy (non-hydrogen) atoms. The van der Waals surface area contributed by atoms with Gasteiger partial charge in [0, 0.05) is 11.5 Å². The molecule has 0 amide bonds. The van der Waals surface area contributed by atoms with Crippen LogP contribution in [0.2, 0.25) is 0 Å². The molecule has 0 bridgehead atoms. The van der Waals surface area contributed by atoms with E-state index in [1.807, 2.05) is 0 Å². The molecule has 0 radical (unpaired) electrons. The van der Waals surface area contributed by atoms with Crippen molar-refractivity contribution in [3.05, 3.63) is 36.4 Å². The lowest BCUT2D eigenvalue weighted by Gasteiger charge is -2.06. The Bertz CT molecular complexity index is 885. The average Bonchev–Trinajstić information content (AvgIpc) is 2.93. The van der Waals surface area contributed by atoms with Crippen molar-refractivity contribution in [2.45, 2.75) is 0 Å². The van der Waals surface area contributed by atoms with Crippen LogP contribution >= 0.6 is 0 Å². The Labute approximate surface area is 138 Å². The molecule has 0 fully saturated rings. The lowest BCUT2D eigenvalue weighted by Crippen LogP contribution is -1.89. The molecule has 0 saturated carbocycles. The number of methoxy groups -OCH3 is 3. The summed E-state index contributed by atoms with van der Waals surface area (Å²) in [4.78, 5) is 2.85. The minimum atomic E-state index is -0.0717. The van der Waals surface area contributed by atoms with Gasteiger partial charge < -0.3 is 24.3 Å². The highest BCUT2D eigenvalue weighted by Gasteiger charge is 2.15. The van der Waals surface area contributed by atoms with E-state index in [1.165, 1.54) is 0 Å². The van der Waals surface area contributed by atoms with Crippen LogP contribution in [0.3, 0.4) is 0 Å². The number of hydrogen-bond donors (Lipinski definition) is 2. The number of nitrogens with zero attached hydrogens (tertiary/aromatic N) is 2. The predicted octanol–water partition coefficient (Wildman–Crippen LogP) is 4.31. The number of nitrogens with one attached hydrogen (secondary N) is 1. The summed E-state index contributed by atoms with van der Waals surface area (Å²) in [6.07, 6.45) is 0. The normalized spacial score (nSPS) is 11.1. The summed E-state index contributed by atoms with van der Waals surface area (Å²) in [5, 5.41) is 19.1. The van der Waals surface area contributed by atoms with E-state index in [9.17, 15) is 5.11 Å². The van der Waals surface area contributed by atoms with Crippen molar-refractivity contribution < 1.29 is 19.3 Å². The number of H-pyrrole nitrogens is 1. The summed E-state index contributed by atoms with van der Waals surface area (Å²) in [6, 6.07) is 10.6. The summed E-state index contributed by atoms with van der Waals surface area (Å²) < 4.78 is 15.6. The van der Waals surface area contributed by atoms with Gasteiger partial charge in [0.2, 0.25) is 5.88 Å². The van der Waals surface area contributed by atoms with Crippen LogP contribution in [0.15, 0.2) is 46.6 Å². The van der Waals surface area contributed by atoms with Gasteiger partial charge in [-0.3, -0.25) is 0 Å². The first-order valence-electron chi connectivity index (χ1n) is 7.18. The topological polar surface area (TPSA) is 88.4 Å². The molecule has 124 valence electrons. The third-order valence-corrected chi connectivity index (χ3v) is 3.59. The maximum Gasteiger partial charge on any atom is 0.218 e. The molecule has 0 saturated heterocycles. The van der Waals surface area contributed by atoms with E-state index in [4.69, 9.17) is 14.2 Å². The number of aromatic amines is 1. The Kier molecular flexibility index (Phi) is 4.24. The van der Waals surface area contributed by atoms with Crippen molar-refractivity contribution in [1.82, 2.24) is 4.98 Å². The number of ether oxygens (including phenoxy) is 3. The fourth-order valence-corrected chi connectivity index (χ4v) is 2.35. The number of fused-ring (bicyclic) bond motifs is 1. The van der Waals surface area contributed by atoms with Crippen molar-refractivity contribution in [3.8, 4) is 23.1 Å². The molecule has 0 spiro atoms. The van der Waals surface area contributed by atoms with Gasteiger partial charge in [0.1, 0.15) is 5.75 Å². The highest BCUT2D eigenvalue weighted by molar-refractivity contribution is 5.96. The number of azo groups is 1. The van der Waals surface area contributed by atoms with Crippen LogP contribution in [0.4, 0.5) is 11.4 Å². The van der Waals surface area contributed by atoms with Crippen molar-refractivity contribution >= 4 is 22.3 Å². The Balaban J connectivity index is 2.01. The highest BCUT2D eigenvalue weighted by Crippen LogP contribution is 2.41. The first-order chi connectivity index (χ1) is 11.7. The Morgan fingerprint density at radius 1 is 0.875 bits per heavy atom. The van der Waals surface area contributed by atoms with Gasteiger partial charge in [0.15, 0.2) is 17.2 Å². The van der Waals surface area contributed by atoms with Gasteiger partial charge in [0.05, 0.1) is 32.5 Å². The predicted molar refractivity (Wildman–Crippen MR) is 90.2 cm³/mol. The molecule has 3 rings (SSSR count). The second kappa shape index (κ2) is 6.49. The minimum absolute atomic E-state index is 0.0717. The van der Waals surface area contributed by atoms with Gasteiger partial charge >= 0.3 is 0 Å². The summed E-state index contributed by atoms with van der Waals surface area (Å²) >= 11 is 0. The molecule has 1 aromatic heterocycles. The molecule has 0 aliphatic carbocycles. The van der Waals surface area contributed by atoms with Gasteiger partial charge in [0.25, 0.3) is 0 Å². The molecular weight excluding hydrogens is 310 g/mol. The largest absolute Gasteiger partial charge is 0.497 e. The van der Waals surface area contributed by atoms with E-state index >= 15 is 0 Å². The van der Waals surface area contributed by atoms with Gasteiger partial charge in [-0.1, -0.05) is 0 Å². The van der Waals surface area contributed by atoms with Crippen LogP contribution in [0.25, 0.3) is 10.9 Å². The molecule has 2 aromatic carbocycles. The first-order valence-corrected chi connectivity index (χ1v) is 7.18. The van der Waals surface area contributed by atoms with E-state index in [1.54, 1.807) is 57.7 Å². The van der Waals surface area contributed by atoms with Gasteiger partial charge in [-0.2, -0.15) is 5.11 Å². The van der Waals surface area contributed by atoms with Crippen molar-refractivity contribution in [2.75, 3.05) is 21.3 Å². The molecule has 3 aromatic rings. The number of aromatic hydroxyl groups is 1. The molecule has 2 N–H and O–H groups in total. The van der Waals surface area contributed by atoms with E-state index < -0.39 is 0 Å². The standard InChI is InChI=1S/C17H17N3O4/c1-22-11-6-4-10(5-7-11)19-20-16-12-8-14(23-2)15(24-3)9-13(12)18-17(16)21/h4-9,18,21H,1-3H3. The maximum atomic E-state index is 10.1. The number of benzene rings is 2. The molecule has 0 unspecified atom stereocenters. The Hall–Kier alpha value is -3.22. The van der Waals surface area contributed by atoms with Crippen molar-refractivity contribution in [2.24, 2.45) is 10.2 Å². The number of aromatic nitrogens is 1. The van der Waals surface area contributed by atoms with Crippen LogP contribution in [0, 0.1) is 0 Å². The van der Waals surface area contributed by atoms with Gasteiger partial charge in [-0.15, -0.1) is 5.11 Å². The lowest BCUT2D eigenvalue weighted by atomic mass is 10.2. The molecule has 0 aliphatic rings. The third-order valence-electron chi connectivity index (χ3n) is 3.59. The second-order valence-electron chi connectivity index (χ2n) is 4.97. The molecule has 7 nitrogen and oxygen atoms in total. The quantitative estimate of drug-likeness (QED) is 0.683. The second-order valence-corrected chi connectivity index (χ2v) is 4.97. The van der Waals surface area contributed by atoms with Crippen molar-refractivity contribution in [1.29, 1.82) is 0 Å². The van der Waals surface area contributed by atoms with E-state index in [0.717, 1.165) is 5.75 Å². The molecular formula is C17H17N3O4. The van der Waals surface area contributed by atoms with Crippen LogP contribution in [-0.4, -0.2) is 31.4 Å². The van der Waals surface area contributed by atoms with Gasteiger partial charge in [-0.25, -0.2) is 0 Å². The molecule has 0 atom stereocenters.